The Hall–Kier alpha value is -1.09. The summed E-state index contributed by atoms with van der Waals surface area (Å²) in [6.45, 7) is 0.719. The van der Waals surface area contributed by atoms with Crippen LogP contribution in [0.2, 0.25) is 0 Å². The van der Waals surface area contributed by atoms with Crippen molar-refractivity contribution in [3.63, 3.8) is 0 Å². The normalized spacial score (nSPS) is 15.4. The van der Waals surface area contributed by atoms with Crippen molar-refractivity contribution in [1.29, 1.82) is 0 Å². The van der Waals surface area contributed by atoms with E-state index in [0.717, 1.165) is 25.0 Å². The Morgan fingerprint density at radius 1 is 1.33 bits per heavy atom. The molecule has 1 saturated carbocycles. The SMILES string of the molecule is NCc1cc(F)c(F)c(S(=O)(=O)NCCOCC2CC2)c1. The van der Waals surface area contributed by atoms with Crippen molar-refractivity contribution in [1.82, 2.24) is 4.72 Å². The molecule has 0 unspecified atom stereocenters. The predicted octanol–water partition coefficient (Wildman–Crippen LogP) is 1.13. The van der Waals surface area contributed by atoms with Gasteiger partial charge in [0.15, 0.2) is 11.6 Å². The summed E-state index contributed by atoms with van der Waals surface area (Å²) in [7, 11) is -4.13. The van der Waals surface area contributed by atoms with Crippen molar-refractivity contribution in [2.24, 2.45) is 11.7 Å². The third-order valence-corrected chi connectivity index (χ3v) is 4.63. The van der Waals surface area contributed by atoms with E-state index < -0.39 is 26.6 Å². The molecule has 1 aliphatic rings. The van der Waals surface area contributed by atoms with E-state index in [9.17, 15) is 17.2 Å². The Bertz CT molecular complexity index is 604. The highest BCUT2D eigenvalue weighted by Crippen LogP contribution is 2.28. The zero-order chi connectivity index (χ0) is 15.5. The average Bonchev–Trinajstić information content (AvgIpc) is 3.25. The molecule has 118 valence electrons. The van der Waals surface area contributed by atoms with E-state index in [2.05, 4.69) is 4.72 Å². The fraction of sp³-hybridized carbons (Fsp3) is 0.538. The summed E-state index contributed by atoms with van der Waals surface area (Å²) in [5.41, 5.74) is 5.54. The second-order valence-electron chi connectivity index (χ2n) is 5.01. The van der Waals surface area contributed by atoms with Crippen LogP contribution in [0.25, 0.3) is 0 Å². The fourth-order valence-electron chi connectivity index (χ4n) is 1.79. The van der Waals surface area contributed by atoms with Crippen LogP contribution in [0.15, 0.2) is 17.0 Å². The van der Waals surface area contributed by atoms with Crippen molar-refractivity contribution in [2.45, 2.75) is 24.3 Å². The molecule has 0 aromatic heterocycles. The third-order valence-electron chi connectivity index (χ3n) is 3.17. The number of halogens is 2. The maximum Gasteiger partial charge on any atom is 0.243 e. The Kier molecular flexibility index (Phi) is 5.26. The van der Waals surface area contributed by atoms with Gasteiger partial charge in [0.25, 0.3) is 0 Å². The number of sulfonamides is 1. The van der Waals surface area contributed by atoms with Gasteiger partial charge in [-0.1, -0.05) is 0 Å². The molecular weight excluding hydrogens is 302 g/mol. The second-order valence-corrected chi connectivity index (χ2v) is 6.75. The number of nitrogens with two attached hydrogens (primary N) is 1. The van der Waals surface area contributed by atoms with Gasteiger partial charge in [-0.15, -0.1) is 0 Å². The number of nitrogens with one attached hydrogen (secondary N) is 1. The maximum atomic E-state index is 13.6. The first kappa shape index (κ1) is 16.3. The lowest BCUT2D eigenvalue weighted by atomic mass is 10.2. The average molecular weight is 320 g/mol. The molecular formula is C13H18F2N2O3S. The zero-order valence-electron chi connectivity index (χ0n) is 11.4. The van der Waals surface area contributed by atoms with Crippen molar-refractivity contribution in [3.8, 4) is 0 Å². The number of hydrogen-bond donors (Lipinski definition) is 2. The fourth-order valence-corrected chi connectivity index (χ4v) is 2.94. The molecule has 21 heavy (non-hydrogen) atoms. The van der Waals surface area contributed by atoms with Gasteiger partial charge in [0, 0.05) is 19.7 Å². The maximum absolute atomic E-state index is 13.6. The van der Waals surface area contributed by atoms with Crippen LogP contribution in [0.1, 0.15) is 18.4 Å². The molecule has 2 rings (SSSR count). The molecule has 1 aliphatic carbocycles. The standard InChI is InChI=1S/C13H18F2N2O3S/c14-11-5-10(7-16)6-12(13(11)15)21(18,19)17-3-4-20-8-9-1-2-9/h5-6,9,17H,1-4,7-8,16H2. The summed E-state index contributed by atoms with van der Waals surface area (Å²) >= 11 is 0. The van der Waals surface area contributed by atoms with E-state index in [1.807, 2.05) is 0 Å². The molecule has 1 aromatic carbocycles. The topological polar surface area (TPSA) is 81.4 Å². The minimum absolute atomic E-state index is 0.00294. The predicted molar refractivity (Wildman–Crippen MR) is 73.0 cm³/mol. The van der Waals surface area contributed by atoms with E-state index in [1.165, 1.54) is 0 Å². The largest absolute Gasteiger partial charge is 0.380 e. The smallest absolute Gasteiger partial charge is 0.243 e. The van der Waals surface area contributed by atoms with Gasteiger partial charge in [0.2, 0.25) is 10.0 Å². The van der Waals surface area contributed by atoms with Crippen molar-refractivity contribution >= 4 is 10.0 Å². The van der Waals surface area contributed by atoms with Crippen LogP contribution >= 0.6 is 0 Å². The summed E-state index contributed by atoms with van der Waals surface area (Å²) in [5.74, 6) is -2.06. The number of benzene rings is 1. The molecule has 5 nitrogen and oxygen atoms in total. The van der Waals surface area contributed by atoms with Crippen LogP contribution in [-0.2, 0) is 21.3 Å². The van der Waals surface area contributed by atoms with Gasteiger partial charge in [-0.2, -0.15) is 0 Å². The van der Waals surface area contributed by atoms with E-state index in [-0.39, 0.29) is 25.3 Å². The number of ether oxygens (including phenoxy) is 1. The van der Waals surface area contributed by atoms with Gasteiger partial charge in [-0.25, -0.2) is 21.9 Å². The zero-order valence-corrected chi connectivity index (χ0v) is 12.3. The van der Waals surface area contributed by atoms with E-state index in [4.69, 9.17) is 10.5 Å². The van der Waals surface area contributed by atoms with Crippen LogP contribution in [0.5, 0.6) is 0 Å². The molecule has 1 fully saturated rings. The van der Waals surface area contributed by atoms with Crippen LogP contribution in [0, 0.1) is 17.6 Å². The molecule has 0 spiro atoms. The summed E-state index contributed by atoms with van der Waals surface area (Å²) in [5, 5.41) is 0. The molecule has 0 aliphatic heterocycles. The molecule has 0 heterocycles. The van der Waals surface area contributed by atoms with Crippen molar-refractivity contribution in [2.75, 3.05) is 19.8 Å². The van der Waals surface area contributed by atoms with Crippen LogP contribution in [-0.4, -0.2) is 28.2 Å². The molecule has 1 aromatic rings. The quantitative estimate of drug-likeness (QED) is 0.704. The van der Waals surface area contributed by atoms with Gasteiger partial charge < -0.3 is 10.5 Å². The van der Waals surface area contributed by atoms with Crippen LogP contribution in [0.3, 0.4) is 0 Å². The summed E-state index contributed by atoms with van der Waals surface area (Å²) in [6, 6.07) is 1.92. The second kappa shape index (κ2) is 6.78. The Morgan fingerprint density at radius 3 is 2.67 bits per heavy atom. The first-order valence-corrected chi connectivity index (χ1v) is 8.17. The van der Waals surface area contributed by atoms with Crippen molar-refractivity contribution in [3.05, 3.63) is 29.3 Å². The molecule has 0 saturated heterocycles. The molecule has 0 bridgehead atoms. The summed E-state index contributed by atoms with van der Waals surface area (Å²) in [4.78, 5) is -0.731. The van der Waals surface area contributed by atoms with Gasteiger partial charge in [-0.3, -0.25) is 0 Å². The van der Waals surface area contributed by atoms with E-state index in [1.54, 1.807) is 0 Å². The summed E-state index contributed by atoms with van der Waals surface area (Å²) < 4.78 is 58.4. The van der Waals surface area contributed by atoms with Crippen LogP contribution < -0.4 is 10.5 Å². The van der Waals surface area contributed by atoms with Gasteiger partial charge in [0.1, 0.15) is 4.90 Å². The van der Waals surface area contributed by atoms with Gasteiger partial charge in [-0.05, 0) is 36.5 Å². The number of rotatable bonds is 8. The lowest BCUT2D eigenvalue weighted by Crippen LogP contribution is -2.29. The molecule has 0 radical (unpaired) electrons. The lowest BCUT2D eigenvalue weighted by molar-refractivity contribution is 0.129. The lowest BCUT2D eigenvalue weighted by Gasteiger charge is -2.10. The first-order valence-electron chi connectivity index (χ1n) is 6.69. The van der Waals surface area contributed by atoms with Crippen LogP contribution in [0.4, 0.5) is 8.78 Å². The monoisotopic (exact) mass is 320 g/mol. The Balaban J connectivity index is 1.98. The highest BCUT2D eigenvalue weighted by molar-refractivity contribution is 7.89. The molecule has 3 N–H and O–H groups in total. The third kappa shape index (κ3) is 4.44. The first-order chi connectivity index (χ1) is 9.94. The van der Waals surface area contributed by atoms with E-state index in [0.29, 0.717) is 12.5 Å². The van der Waals surface area contributed by atoms with Crippen molar-refractivity contribution < 1.29 is 21.9 Å². The Morgan fingerprint density at radius 2 is 2.05 bits per heavy atom. The van der Waals surface area contributed by atoms with Gasteiger partial charge >= 0.3 is 0 Å². The highest BCUT2D eigenvalue weighted by Gasteiger charge is 2.23. The minimum Gasteiger partial charge on any atom is -0.380 e. The highest BCUT2D eigenvalue weighted by atomic mass is 32.2. The minimum atomic E-state index is -4.13. The molecule has 0 atom stereocenters. The van der Waals surface area contributed by atoms with E-state index >= 15 is 0 Å². The summed E-state index contributed by atoms with van der Waals surface area (Å²) in [6.07, 6.45) is 2.28. The molecule has 0 amide bonds. The molecule has 8 heteroatoms. The Labute approximate surface area is 122 Å². The number of hydrogen-bond acceptors (Lipinski definition) is 4. The van der Waals surface area contributed by atoms with Gasteiger partial charge in [0.05, 0.1) is 6.61 Å².